The van der Waals surface area contributed by atoms with Crippen molar-refractivity contribution in [1.29, 1.82) is 0 Å². The van der Waals surface area contributed by atoms with E-state index >= 15 is 0 Å². The summed E-state index contributed by atoms with van der Waals surface area (Å²) in [5.74, 6) is 0.745. The third kappa shape index (κ3) is 2.88. The second-order valence-electron chi connectivity index (χ2n) is 5.09. The first-order chi connectivity index (χ1) is 7.98. The van der Waals surface area contributed by atoms with E-state index < -0.39 is 5.60 Å². The lowest BCUT2D eigenvalue weighted by Crippen LogP contribution is -2.33. The zero-order chi connectivity index (χ0) is 12.5. The Morgan fingerprint density at radius 3 is 2.88 bits per heavy atom. The van der Waals surface area contributed by atoms with Crippen LogP contribution in [0, 0.1) is 6.92 Å². The maximum absolute atomic E-state index is 12.2. The molecule has 0 bridgehead atoms. The third-order valence-electron chi connectivity index (χ3n) is 3.33. The van der Waals surface area contributed by atoms with Crippen LogP contribution >= 0.6 is 0 Å². The van der Waals surface area contributed by atoms with Crippen LogP contribution in [0.15, 0.2) is 16.7 Å². The summed E-state index contributed by atoms with van der Waals surface area (Å²) in [5, 5.41) is 9.97. The number of carbonyl (C=O) groups excluding carboxylic acids is 1. The zero-order valence-corrected chi connectivity index (χ0v) is 10.4. The third-order valence-corrected chi connectivity index (χ3v) is 3.33. The molecule has 1 aromatic heterocycles. The van der Waals surface area contributed by atoms with Gasteiger partial charge in [0.1, 0.15) is 12.0 Å². The lowest BCUT2D eigenvalue weighted by Gasteiger charge is -2.22. The molecule has 0 spiro atoms. The Bertz CT molecular complexity index is 409. The summed E-state index contributed by atoms with van der Waals surface area (Å²) in [6.45, 7) is 4.97. The number of rotatable bonds is 1. The number of carbonyl (C=O) groups is 1. The summed E-state index contributed by atoms with van der Waals surface area (Å²) in [7, 11) is 0. The lowest BCUT2D eigenvalue weighted by atomic mass is 9.98. The first kappa shape index (κ1) is 12.2. The van der Waals surface area contributed by atoms with Gasteiger partial charge in [0.15, 0.2) is 0 Å². The second-order valence-corrected chi connectivity index (χ2v) is 5.09. The van der Waals surface area contributed by atoms with Crippen molar-refractivity contribution >= 4 is 5.91 Å². The average Bonchev–Trinajstić information content (AvgIpc) is 2.60. The van der Waals surface area contributed by atoms with Crippen LogP contribution in [0.25, 0.3) is 0 Å². The van der Waals surface area contributed by atoms with E-state index in [4.69, 9.17) is 4.42 Å². The first-order valence-corrected chi connectivity index (χ1v) is 6.05. The van der Waals surface area contributed by atoms with Gasteiger partial charge >= 0.3 is 0 Å². The Kier molecular flexibility index (Phi) is 3.24. The Morgan fingerprint density at radius 1 is 1.47 bits per heavy atom. The molecule has 0 aromatic carbocycles. The Hall–Kier alpha value is -1.29. The van der Waals surface area contributed by atoms with Gasteiger partial charge < -0.3 is 14.4 Å². The molecular weight excluding hydrogens is 218 g/mol. The molecule has 1 atom stereocenters. The monoisotopic (exact) mass is 237 g/mol. The number of nitrogens with zero attached hydrogens (tertiary/aromatic N) is 1. The van der Waals surface area contributed by atoms with Crippen LogP contribution in [0.5, 0.6) is 0 Å². The molecule has 17 heavy (non-hydrogen) atoms. The summed E-state index contributed by atoms with van der Waals surface area (Å²) < 4.78 is 5.15. The summed E-state index contributed by atoms with van der Waals surface area (Å²) >= 11 is 0. The van der Waals surface area contributed by atoms with Gasteiger partial charge in [-0.25, -0.2) is 0 Å². The molecule has 2 rings (SSSR count). The highest BCUT2D eigenvalue weighted by atomic mass is 16.3. The Labute approximate surface area is 101 Å². The van der Waals surface area contributed by atoms with Gasteiger partial charge in [-0.05, 0) is 39.2 Å². The normalized spacial score (nSPS) is 25.7. The highest BCUT2D eigenvalue weighted by Crippen LogP contribution is 2.22. The van der Waals surface area contributed by atoms with Crippen molar-refractivity contribution in [3.63, 3.8) is 0 Å². The Morgan fingerprint density at radius 2 is 2.24 bits per heavy atom. The van der Waals surface area contributed by atoms with Crippen molar-refractivity contribution in [3.8, 4) is 0 Å². The number of aliphatic hydroxyl groups is 1. The fraction of sp³-hybridized carbons (Fsp3) is 0.615. The van der Waals surface area contributed by atoms with E-state index in [1.807, 2.05) is 13.8 Å². The van der Waals surface area contributed by atoms with Crippen LogP contribution in [-0.2, 0) is 0 Å². The highest BCUT2D eigenvalue weighted by molar-refractivity contribution is 5.94. The maximum atomic E-state index is 12.2. The predicted octanol–water partition coefficient (Wildman–Crippen LogP) is 1.97. The van der Waals surface area contributed by atoms with Crippen LogP contribution in [0.1, 0.15) is 42.3 Å². The van der Waals surface area contributed by atoms with E-state index in [1.165, 1.54) is 6.26 Å². The van der Waals surface area contributed by atoms with E-state index in [2.05, 4.69) is 0 Å². The van der Waals surface area contributed by atoms with E-state index in [9.17, 15) is 9.90 Å². The summed E-state index contributed by atoms with van der Waals surface area (Å²) in [6.07, 6.45) is 3.73. The Balaban J connectivity index is 2.05. The fourth-order valence-corrected chi connectivity index (χ4v) is 2.20. The highest BCUT2D eigenvalue weighted by Gasteiger charge is 2.27. The number of furan rings is 1. The molecule has 1 amide bonds. The summed E-state index contributed by atoms with van der Waals surface area (Å²) in [5.41, 5.74) is -0.0366. The summed E-state index contributed by atoms with van der Waals surface area (Å²) in [6, 6.07) is 1.76. The van der Waals surface area contributed by atoms with E-state index in [-0.39, 0.29) is 5.91 Å². The van der Waals surface area contributed by atoms with Crippen LogP contribution in [0.2, 0.25) is 0 Å². The van der Waals surface area contributed by atoms with E-state index in [0.717, 1.165) is 18.6 Å². The minimum atomic E-state index is -0.638. The van der Waals surface area contributed by atoms with Gasteiger partial charge in [-0.15, -0.1) is 0 Å². The molecule has 94 valence electrons. The number of amides is 1. The average molecular weight is 237 g/mol. The predicted molar refractivity (Wildman–Crippen MR) is 63.8 cm³/mol. The number of likely N-dealkylation sites (tertiary alicyclic amines) is 1. The molecule has 1 N–H and O–H groups in total. The number of hydrogen-bond acceptors (Lipinski definition) is 3. The molecular formula is C13H19NO3. The first-order valence-electron chi connectivity index (χ1n) is 6.05. The maximum Gasteiger partial charge on any atom is 0.257 e. The zero-order valence-electron chi connectivity index (χ0n) is 10.4. The quantitative estimate of drug-likeness (QED) is 0.812. The molecule has 1 saturated heterocycles. The minimum Gasteiger partial charge on any atom is -0.469 e. The minimum absolute atomic E-state index is 0.000417. The van der Waals surface area contributed by atoms with Crippen molar-refractivity contribution < 1.29 is 14.3 Å². The smallest absolute Gasteiger partial charge is 0.257 e. The van der Waals surface area contributed by atoms with Crippen LogP contribution in [0.3, 0.4) is 0 Å². The molecule has 1 aliphatic heterocycles. The standard InChI is InChI=1S/C13H19NO3/c1-10-8-11(9-17-10)12(15)14-6-3-4-13(2,16)5-7-14/h8-9,16H,3-7H2,1-2H3. The molecule has 0 radical (unpaired) electrons. The van der Waals surface area contributed by atoms with Gasteiger partial charge in [-0.1, -0.05) is 0 Å². The van der Waals surface area contributed by atoms with Gasteiger partial charge in [0.05, 0.1) is 11.2 Å². The molecule has 1 aromatic rings. The molecule has 1 unspecified atom stereocenters. The van der Waals surface area contributed by atoms with Crippen molar-refractivity contribution in [1.82, 2.24) is 4.90 Å². The van der Waals surface area contributed by atoms with E-state index in [1.54, 1.807) is 11.0 Å². The van der Waals surface area contributed by atoms with Gasteiger partial charge in [0.2, 0.25) is 0 Å². The summed E-state index contributed by atoms with van der Waals surface area (Å²) in [4.78, 5) is 14.0. The fourth-order valence-electron chi connectivity index (χ4n) is 2.20. The molecule has 2 heterocycles. The van der Waals surface area contributed by atoms with Gasteiger partial charge in [0.25, 0.3) is 5.91 Å². The second kappa shape index (κ2) is 4.53. The van der Waals surface area contributed by atoms with Gasteiger partial charge in [-0.3, -0.25) is 4.79 Å². The van der Waals surface area contributed by atoms with Crippen molar-refractivity contribution in [3.05, 3.63) is 23.7 Å². The van der Waals surface area contributed by atoms with Crippen molar-refractivity contribution in [2.45, 2.75) is 38.7 Å². The van der Waals surface area contributed by atoms with Crippen LogP contribution in [-0.4, -0.2) is 34.6 Å². The van der Waals surface area contributed by atoms with Crippen LogP contribution in [0.4, 0.5) is 0 Å². The molecule has 1 fully saturated rings. The SMILES string of the molecule is Cc1cc(C(=O)N2CCCC(C)(O)CC2)co1. The number of hydrogen-bond donors (Lipinski definition) is 1. The topological polar surface area (TPSA) is 53.7 Å². The van der Waals surface area contributed by atoms with Crippen molar-refractivity contribution in [2.75, 3.05) is 13.1 Å². The molecule has 1 aliphatic rings. The van der Waals surface area contributed by atoms with Crippen molar-refractivity contribution in [2.24, 2.45) is 0 Å². The molecule has 0 saturated carbocycles. The van der Waals surface area contributed by atoms with Gasteiger partial charge in [-0.2, -0.15) is 0 Å². The van der Waals surface area contributed by atoms with Crippen LogP contribution < -0.4 is 0 Å². The number of aryl methyl sites for hydroxylation is 1. The molecule has 4 nitrogen and oxygen atoms in total. The van der Waals surface area contributed by atoms with Gasteiger partial charge in [0, 0.05) is 13.1 Å². The molecule has 0 aliphatic carbocycles. The largest absolute Gasteiger partial charge is 0.469 e. The molecule has 4 heteroatoms. The lowest BCUT2D eigenvalue weighted by molar-refractivity contribution is 0.0438. The van der Waals surface area contributed by atoms with E-state index in [0.29, 0.717) is 25.1 Å².